The molecule has 0 radical (unpaired) electrons. The van der Waals surface area contributed by atoms with Gasteiger partial charge in [-0.25, -0.2) is 15.0 Å². The van der Waals surface area contributed by atoms with Crippen LogP contribution >= 0.6 is 0 Å². The summed E-state index contributed by atoms with van der Waals surface area (Å²) in [6.07, 6.45) is 7.00. The van der Waals surface area contributed by atoms with Gasteiger partial charge in [0.2, 0.25) is 0 Å². The maximum Gasteiger partial charge on any atom is 0.166 e. The Kier molecular flexibility index (Phi) is 6.20. The van der Waals surface area contributed by atoms with Gasteiger partial charge in [-0.15, -0.1) is 0 Å². The summed E-state index contributed by atoms with van der Waals surface area (Å²) in [6, 6.07) is 52.7. The van der Waals surface area contributed by atoms with Crippen molar-refractivity contribution < 1.29 is 0 Å². The van der Waals surface area contributed by atoms with E-state index in [2.05, 4.69) is 114 Å². The molecule has 0 unspecified atom stereocenters. The molecule has 8 aromatic rings. The largest absolute Gasteiger partial charge is 0.308 e. The normalized spacial score (nSPS) is 23.5. The number of rotatable bonds is 4. The molecule has 2 aromatic heterocycles. The van der Waals surface area contributed by atoms with Gasteiger partial charge in [-0.2, -0.15) is 0 Å². The van der Waals surface area contributed by atoms with E-state index in [0.717, 1.165) is 46.0 Å². The standard InChI is InChI=1S/C49H38N4/c1-3-13-32(14-4-1)46-50-47(33-15-5-2-6-16-33)52-48(51-46)38-19-9-12-22-44(38)53-43-21-11-8-18-37(43)40-28-42-39(29-45(40)53)36-17-7-10-20-41(36)49(42)34-24-30-23-31(26-34)27-35(49)25-30/h1-22,28-31,34-35H,23-27H2. The van der Waals surface area contributed by atoms with E-state index in [1.165, 1.54) is 65.0 Å². The first-order valence-electron chi connectivity index (χ1n) is 19.4. The molecule has 4 bridgehead atoms. The molecule has 4 heteroatoms. The summed E-state index contributed by atoms with van der Waals surface area (Å²) in [5, 5.41) is 2.63. The van der Waals surface area contributed by atoms with Crippen LogP contribution in [0.25, 0.3) is 72.8 Å². The molecule has 2 heterocycles. The molecular formula is C49H38N4. The molecule has 5 aliphatic rings. The molecule has 0 atom stereocenters. The molecule has 6 aromatic carbocycles. The van der Waals surface area contributed by atoms with Gasteiger partial charge in [-0.05, 0) is 108 Å². The van der Waals surface area contributed by atoms with Gasteiger partial charge in [0.05, 0.1) is 16.7 Å². The number of fused-ring (bicyclic) bond motifs is 6. The Morgan fingerprint density at radius 1 is 0.434 bits per heavy atom. The van der Waals surface area contributed by atoms with Crippen LogP contribution in [0.1, 0.15) is 43.2 Å². The van der Waals surface area contributed by atoms with Crippen LogP contribution in [0.3, 0.4) is 0 Å². The van der Waals surface area contributed by atoms with Crippen LogP contribution in [0.5, 0.6) is 0 Å². The van der Waals surface area contributed by atoms with Gasteiger partial charge in [0.1, 0.15) is 0 Å². The van der Waals surface area contributed by atoms with E-state index in [9.17, 15) is 0 Å². The van der Waals surface area contributed by atoms with Crippen LogP contribution in [0.2, 0.25) is 0 Å². The highest BCUT2D eigenvalue weighted by molar-refractivity contribution is 6.12. The number of hydrogen-bond donors (Lipinski definition) is 0. The Morgan fingerprint density at radius 2 is 1.00 bits per heavy atom. The molecule has 0 aliphatic heterocycles. The van der Waals surface area contributed by atoms with E-state index in [4.69, 9.17) is 15.0 Å². The number of aromatic nitrogens is 4. The summed E-state index contributed by atoms with van der Waals surface area (Å²) in [5.74, 6) is 5.30. The molecule has 254 valence electrons. The minimum absolute atomic E-state index is 0.126. The molecule has 4 saturated carbocycles. The summed E-state index contributed by atoms with van der Waals surface area (Å²) >= 11 is 0. The van der Waals surface area contributed by atoms with Crippen LogP contribution < -0.4 is 0 Å². The Hall–Kier alpha value is -5.87. The minimum Gasteiger partial charge on any atom is -0.308 e. The van der Waals surface area contributed by atoms with Crippen molar-refractivity contribution in [3.05, 3.63) is 157 Å². The predicted octanol–water partition coefficient (Wildman–Crippen LogP) is 11.7. The average Bonchev–Trinajstić information content (AvgIpc) is 3.69. The van der Waals surface area contributed by atoms with Crippen molar-refractivity contribution in [2.45, 2.75) is 37.5 Å². The molecule has 5 aliphatic carbocycles. The molecule has 0 amide bonds. The monoisotopic (exact) mass is 682 g/mol. The van der Waals surface area contributed by atoms with Crippen molar-refractivity contribution in [1.29, 1.82) is 0 Å². The summed E-state index contributed by atoms with van der Waals surface area (Å²) < 4.78 is 2.47. The van der Waals surface area contributed by atoms with Crippen LogP contribution in [-0.2, 0) is 5.41 Å². The molecule has 0 saturated heterocycles. The van der Waals surface area contributed by atoms with Crippen LogP contribution in [0.4, 0.5) is 0 Å². The fourth-order valence-corrected chi connectivity index (χ4v) is 11.7. The zero-order chi connectivity index (χ0) is 34.7. The molecular weight excluding hydrogens is 645 g/mol. The first-order chi connectivity index (χ1) is 26.2. The Labute approximate surface area is 309 Å². The molecule has 53 heavy (non-hydrogen) atoms. The Balaban J connectivity index is 1.12. The summed E-state index contributed by atoms with van der Waals surface area (Å²) in [4.78, 5) is 15.4. The van der Waals surface area contributed by atoms with Crippen molar-refractivity contribution in [3.8, 4) is 51.0 Å². The smallest absolute Gasteiger partial charge is 0.166 e. The SMILES string of the molecule is c1ccc(-c2nc(-c3ccccc3)nc(-c3ccccc3-n3c4ccccc4c4cc5c(cc43)-c3ccccc3C53C4CC5CC(C4)CC3C5)n2)cc1. The first kappa shape index (κ1) is 29.7. The van der Waals surface area contributed by atoms with Crippen molar-refractivity contribution >= 4 is 21.8 Å². The fourth-order valence-electron chi connectivity index (χ4n) is 11.7. The summed E-state index contributed by atoms with van der Waals surface area (Å²) in [5.41, 5.74) is 12.6. The molecule has 4 nitrogen and oxygen atoms in total. The molecule has 4 fully saturated rings. The second-order valence-electron chi connectivity index (χ2n) is 16.0. The molecule has 0 N–H and O–H groups in total. The van der Waals surface area contributed by atoms with Gasteiger partial charge in [-0.3, -0.25) is 0 Å². The maximum absolute atomic E-state index is 5.18. The van der Waals surface area contributed by atoms with E-state index in [1.807, 2.05) is 36.4 Å². The third kappa shape index (κ3) is 4.15. The number of para-hydroxylation sites is 2. The first-order valence-corrected chi connectivity index (χ1v) is 19.4. The fraction of sp³-hybridized carbons (Fsp3) is 0.204. The van der Waals surface area contributed by atoms with Crippen molar-refractivity contribution in [2.24, 2.45) is 23.7 Å². The average molecular weight is 683 g/mol. The van der Waals surface area contributed by atoms with E-state index in [0.29, 0.717) is 17.5 Å². The highest BCUT2D eigenvalue weighted by Gasteiger charge is 2.61. The molecule has 13 rings (SSSR count). The lowest BCUT2D eigenvalue weighted by Crippen LogP contribution is -2.55. The number of nitrogens with zero attached hydrogens (tertiary/aromatic N) is 4. The van der Waals surface area contributed by atoms with Crippen molar-refractivity contribution in [2.75, 3.05) is 0 Å². The summed E-state index contributed by atoms with van der Waals surface area (Å²) in [6.45, 7) is 0. The number of benzene rings is 6. The maximum atomic E-state index is 5.18. The zero-order valence-corrected chi connectivity index (χ0v) is 29.5. The highest BCUT2D eigenvalue weighted by atomic mass is 15.1. The van der Waals surface area contributed by atoms with E-state index >= 15 is 0 Å². The Morgan fingerprint density at radius 3 is 1.70 bits per heavy atom. The van der Waals surface area contributed by atoms with Crippen LogP contribution in [-0.4, -0.2) is 19.5 Å². The van der Waals surface area contributed by atoms with Crippen molar-refractivity contribution in [3.63, 3.8) is 0 Å². The third-order valence-corrected chi connectivity index (χ3v) is 13.4. The quantitative estimate of drug-likeness (QED) is 0.186. The van der Waals surface area contributed by atoms with E-state index in [1.54, 1.807) is 11.1 Å². The lowest BCUT2D eigenvalue weighted by molar-refractivity contribution is -0.0399. The van der Waals surface area contributed by atoms with Crippen LogP contribution in [0.15, 0.2) is 146 Å². The van der Waals surface area contributed by atoms with Crippen LogP contribution in [0, 0.1) is 23.7 Å². The van der Waals surface area contributed by atoms with Gasteiger partial charge in [0.25, 0.3) is 0 Å². The second kappa shape index (κ2) is 11.1. The lowest BCUT2D eigenvalue weighted by Gasteiger charge is -2.61. The van der Waals surface area contributed by atoms with E-state index < -0.39 is 0 Å². The summed E-state index contributed by atoms with van der Waals surface area (Å²) in [7, 11) is 0. The highest BCUT2D eigenvalue weighted by Crippen LogP contribution is 2.69. The van der Waals surface area contributed by atoms with Crippen molar-refractivity contribution in [1.82, 2.24) is 19.5 Å². The lowest BCUT2D eigenvalue weighted by atomic mass is 9.43. The number of hydrogen-bond acceptors (Lipinski definition) is 3. The second-order valence-corrected chi connectivity index (χ2v) is 16.0. The van der Waals surface area contributed by atoms with Gasteiger partial charge in [0.15, 0.2) is 17.5 Å². The zero-order valence-electron chi connectivity index (χ0n) is 29.5. The predicted molar refractivity (Wildman–Crippen MR) is 214 cm³/mol. The van der Waals surface area contributed by atoms with Gasteiger partial charge >= 0.3 is 0 Å². The Bertz CT molecular complexity index is 2660. The minimum atomic E-state index is 0.126. The topological polar surface area (TPSA) is 43.6 Å². The van der Waals surface area contributed by atoms with E-state index in [-0.39, 0.29) is 5.41 Å². The third-order valence-electron chi connectivity index (χ3n) is 13.4. The van der Waals surface area contributed by atoms with Gasteiger partial charge in [-0.1, -0.05) is 115 Å². The van der Waals surface area contributed by atoms with Gasteiger partial charge < -0.3 is 4.57 Å². The van der Waals surface area contributed by atoms with Gasteiger partial charge in [0, 0.05) is 32.9 Å². The molecule has 1 spiro atoms.